The van der Waals surface area contributed by atoms with Crippen molar-refractivity contribution in [2.24, 2.45) is 0 Å². The molecule has 0 radical (unpaired) electrons. The highest BCUT2D eigenvalue weighted by Gasteiger charge is 2.32. The number of hydrogen-bond acceptors (Lipinski definition) is 3. The van der Waals surface area contributed by atoms with Gasteiger partial charge in [-0.3, -0.25) is 9.78 Å². The first-order valence-corrected chi connectivity index (χ1v) is 10.1. The molecular formula is C24H21F3N4O. The largest absolute Gasteiger partial charge is 0.416 e. The van der Waals surface area contributed by atoms with Crippen LogP contribution in [0.15, 0.2) is 73.3 Å². The number of fused-ring (bicyclic) bond motifs is 1. The van der Waals surface area contributed by atoms with Crippen LogP contribution in [-0.2, 0) is 17.5 Å². The number of alkyl halides is 3. The predicted octanol–water partition coefficient (Wildman–Crippen LogP) is 4.89. The quantitative estimate of drug-likeness (QED) is 0.466. The summed E-state index contributed by atoms with van der Waals surface area (Å²) in [7, 11) is 0. The van der Waals surface area contributed by atoms with E-state index in [9.17, 15) is 18.0 Å². The minimum absolute atomic E-state index is 0.0198. The van der Waals surface area contributed by atoms with Crippen LogP contribution in [0.2, 0.25) is 0 Å². The number of aromatic nitrogens is 3. The Kier molecular flexibility index (Phi) is 5.94. The number of amides is 1. The highest BCUT2D eigenvalue weighted by molar-refractivity contribution is 5.77. The Morgan fingerprint density at radius 1 is 1.12 bits per heavy atom. The van der Waals surface area contributed by atoms with E-state index in [1.807, 2.05) is 29.7 Å². The minimum Gasteiger partial charge on any atom is -0.352 e. The average Bonchev–Trinajstić information content (AvgIpc) is 3.19. The van der Waals surface area contributed by atoms with E-state index in [2.05, 4.69) is 15.3 Å². The van der Waals surface area contributed by atoms with Crippen LogP contribution in [0.4, 0.5) is 13.2 Å². The van der Waals surface area contributed by atoms with Gasteiger partial charge in [0.1, 0.15) is 5.65 Å². The van der Waals surface area contributed by atoms with Gasteiger partial charge in [0.2, 0.25) is 5.91 Å². The molecule has 164 valence electrons. The first kappa shape index (κ1) is 21.5. The van der Waals surface area contributed by atoms with E-state index in [1.54, 1.807) is 36.8 Å². The van der Waals surface area contributed by atoms with Gasteiger partial charge in [-0.15, -0.1) is 0 Å². The Morgan fingerprint density at radius 2 is 1.91 bits per heavy atom. The number of nitrogens with zero attached hydrogens (tertiary/aromatic N) is 3. The molecule has 0 aliphatic carbocycles. The molecule has 0 fully saturated rings. The van der Waals surface area contributed by atoms with Gasteiger partial charge in [-0.2, -0.15) is 13.2 Å². The van der Waals surface area contributed by atoms with Crippen molar-refractivity contribution in [2.75, 3.05) is 0 Å². The standard InChI is InChI=1S/C24H21F3N4O/c1-16-7-10-31-21(15-29-22(31)11-16)20(18-3-2-4-19(12-18)24(25,26)27)13-23(32)30-14-17-5-8-28-9-6-17/h2-12,15,20H,13-14H2,1H3,(H,30,32). The molecule has 32 heavy (non-hydrogen) atoms. The number of halogens is 3. The predicted molar refractivity (Wildman–Crippen MR) is 114 cm³/mol. The van der Waals surface area contributed by atoms with Crippen molar-refractivity contribution in [3.05, 3.63) is 101 Å². The van der Waals surface area contributed by atoms with Crippen LogP contribution in [0.3, 0.4) is 0 Å². The van der Waals surface area contributed by atoms with Gasteiger partial charge in [0, 0.05) is 43.7 Å². The summed E-state index contributed by atoms with van der Waals surface area (Å²) in [5.74, 6) is -0.876. The Labute approximate surface area is 183 Å². The minimum atomic E-state index is -4.47. The van der Waals surface area contributed by atoms with Crippen molar-refractivity contribution >= 4 is 11.6 Å². The topological polar surface area (TPSA) is 59.3 Å². The molecule has 1 aromatic carbocycles. The molecule has 8 heteroatoms. The van der Waals surface area contributed by atoms with Crippen molar-refractivity contribution in [2.45, 2.75) is 32.0 Å². The summed E-state index contributed by atoms with van der Waals surface area (Å²) in [4.78, 5) is 21.1. The lowest BCUT2D eigenvalue weighted by molar-refractivity contribution is -0.137. The second kappa shape index (κ2) is 8.82. The molecule has 0 bridgehead atoms. The van der Waals surface area contributed by atoms with E-state index in [4.69, 9.17) is 0 Å². The van der Waals surface area contributed by atoms with E-state index < -0.39 is 17.7 Å². The van der Waals surface area contributed by atoms with Crippen LogP contribution < -0.4 is 5.32 Å². The summed E-state index contributed by atoms with van der Waals surface area (Å²) >= 11 is 0. The van der Waals surface area contributed by atoms with Gasteiger partial charge in [0.15, 0.2) is 0 Å². The van der Waals surface area contributed by atoms with Crippen LogP contribution in [0.1, 0.15) is 40.3 Å². The lowest BCUT2D eigenvalue weighted by Crippen LogP contribution is -2.25. The lowest BCUT2D eigenvalue weighted by atomic mass is 9.91. The van der Waals surface area contributed by atoms with Gasteiger partial charge in [0.05, 0.1) is 11.3 Å². The number of pyridine rings is 2. The van der Waals surface area contributed by atoms with Crippen molar-refractivity contribution < 1.29 is 18.0 Å². The molecule has 0 saturated heterocycles. The van der Waals surface area contributed by atoms with Crippen molar-refractivity contribution in [3.8, 4) is 0 Å². The summed E-state index contributed by atoms with van der Waals surface area (Å²) < 4.78 is 41.8. The Bertz CT molecular complexity index is 1230. The third-order valence-corrected chi connectivity index (χ3v) is 5.30. The fourth-order valence-electron chi connectivity index (χ4n) is 3.64. The molecule has 1 amide bonds. The number of carbonyl (C=O) groups is 1. The third kappa shape index (κ3) is 4.80. The Hall–Kier alpha value is -3.68. The highest BCUT2D eigenvalue weighted by Crippen LogP contribution is 2.34. The molecule has 4 rings (SSSR count). The number of nitrogens with one attached hydrogen (secondary N) is 1. The molecule has 1 unspecified atom stereocenters. The molecule has 0 aliphatic rings. The average molecular weight is 438 g/mol. The summed E-state index contributed by atoms with van der Waals surface area (Å²) in [6.07, 6.45) is 2.22. The number of rotatable bonds is 6. The fraction of sp³-hybridized carbons (Fsp3) is 0.208. The van der Waals surface area contributed by atoms with Crippen LogP contribution >= 0.6 is 0 Å². The number of imidazole rings is 1. The normalized spacial score (nSPS) is 12.6. The second-order valence-corrected chi connectivity index (χ2v) is 7.63. The molecule has 0 saturated carbocycles. The number of aryl methyl sites for hydroxylation is 1. The highest BCUT2D eigenvalue weighted by atomic mass is 19.4. The van der Waals surface area contributed by atoms with E-state index in [0.29, 0.717) is 23.4 Å². The molecule has 0 aliphatic heterocycles. The maximum absolute atomic E-state index is 13.3. The molecule has 3 aromatic heterocycles. The lowest BCUT2D eigenvalue weighted by Gasteiger charge is -2.19. The van der Waals surface area contributed by atoms with Crippen molar-refractivity contribution in [3.63, 3.8) is 0 Å². The maximum Gasteiger partial charge on any atom is 0.416 e. The van der Waals surface area contributed by atoms with Crippen molar-refractivity contribution in [1.82, 2.24) is 19.7 Å². The number of benzene rings is 1. The fourth-order valence-corrected chi connectivity index (χ4v) is 3.64. The summed E-state index contributed by atoms with van der Waals surface area (Å²) in [5.41, 5.74) is 2.88. The van der Waals surface area contributed by atoms with Crippen LogP contribution in [-0.4, -0.2) is 20.3 Å². The molecule has 1 atom stereocenters. The van der Waals surface area contributed by atoms with Gasteiger partial charge in [-0.1, -0.05) is 18.2 Å². The summed E-state index contributed by atoms with van der Waals surface area (Å²) in [6.45, 7) is 2.24. The first-order chi connectivity index (χ1) is 15.3. The van der Waals surface area contributed by atoms with Crippen LogP contribution in [0.25, 0.3) is 5.65 Å². The van der Waals surface area contributed by atoms with E-state index in [0.717, 1.165) is 23.3 Å². The van der Waals surface area contributed by atoms with Crippen LogP contribution in [0, 0.1) is 6.92 Å². The van der Waals surface area contributed by atoms with Crippen molar-refractivity contribution in [1.29, 1.82) is 0 Å². The van der Waals surface area contributed by atoms with Crippen LogP contribution in [0.5, 0.6) is 0 Å². The van der Waals surface area contributed by atoms with Gasteiger partial charge < -0.3 is 9.72 Å². The molecule has 0 spiro atoms. The summed E-state index contributed by atoms with van der Waals surface area (Å²) in [6, 6.07) is 12.5. The zero-order valence-electron chi connectivity index (χ0n) is 17.3. The maximum atomic E-state index is 13.3. The smallest absolute Gasteiger partial charge is 0.352 e. The molecule has 3 heterocycles. The number of carbonyl (C=O) groups excluding carboxylic acids is 1. The number of hydrogen-bond donors (Lipinski definition) is 1. The zero-order chi connectivity index (χ0) is 22.7. The molecule has 4 aromatic rings. The zero-order valence-corrected chi connectivity index (χ0v) is 17.3. The van der Waals surface area contributed by atoms with Gasteiger partial charge in [-0.05, 0) is 53.9 Å². The Balaban J connectivity index is 1.67. The third-order valence-electron chi connectivity index (χ3n) is 5.30. The van der Waals surface area contributed by atoms with E-state index >= 15 is 0 Å². The summed E-state index contributed by atoms with van der Waals surface area (Å²) in [5, 5.41) is 2.84. The molecule has 5 nitrogen and oxygen atoms in total. The monoisotopic (exact) mass is 438 g/mol. The SMILES string of the molecule is Cc1ccn2c(C(CC(=O)NCc3ccncc3)c3cccc(C(F)(F)F)c3)cnc2c1. The Morgan fingerprint density at radius 3 is 2.66 bits per heavy atom. The first-order valence-electron chi connectivity index (χ1n) is 10.1. The van der Waals surface area contributed by atoms with Gasteiger partial charge >= 0.3 is 6.18 Å². The van der Waals surface area contributed by atoms with Gasteiger partial charge in [-0.25, -0.2) is 4.98 Å². The van der Waals surface area contributed by atoms with E-state index in [1.165, 1.54) is 6.07 Å². The molecular weight excluding hydrogens is 417 g/mol. The second-order valence-electron chi connectivity index (χ2n) is 7.63. The van der Waals surface area contributed by atoms with Gasteiger partial charge in [0.25, 0.3) is 0 Å². The molecule has 1 N–H and O–H groups in total. The van der Waals surface area contributed by atoms with E-state index in [-0.39, 0.29) is 12.3 Å².